The molecule has 2 fully saturated rings. The summed E-state index contributed by atoms with van der Waals surface area (Å²) in [6.07, 6.45) is 6.34. The van der Waals surface area contributed by atoms with Crippen molar-refractivity contribution in [3.63, 3.8) is 0 Å². The predicted octanol–water partition coefficient (Wildman–Crippen LogP) is 0.946. The zero-order valence-electron chi connectivity index (χ0n) is 16.4. The molecule has 154 valence electrons. The fourth-order valence-corrected chi connectivity index (χ4v) is 3.70. The van der Waals surface area contributed by atoms with Crippen molar-refractivity contribution in [3.8, 4) is 0 Å². The molecular weight excluding hydrogens is 360 g/mol. The van der Waals surface area contributed by atoms with Crippen LogP contribution in [0.4, 0.5) is 0 Å². The molecule has 0 unspecified atom stereocenters. The Morgan fingerprint density at radius 2 is 1.57 bits per heavy atom. The van der Waals surface area contributed by atoms with Crippen LogP contribution < -0.4 is 5.32 Å². The van der Waals surface area contributed by atoms with Crippen LogP contribution in [0.1, 0.15) is 42.7 Å². The molecule has 3 heterocycles. The predicted molar refractivity (Wildman–Crippen MR) is 104 cm³/mol. The number of rotatable bonds is 6. The SMILES string of the molecule is O=C(NCCC(=O)N1CCN(CC(=O)N2CCCCCC2)CC1)c1ccco1. The van der Waals surface area contributed by atoms with Gasteiger partial charge in [-0.15, -0.1) is 0 Å². The van der Waals surface area contributed by atoms with E-state index < -0.39 is 0 Å². The fourth-order valence-electron chi connectivity index (χ4n) is 3.70. The Bertz CT molecular complexity index is 645. The second kappa shape index (κ2) is 10.3. The molecule has 0 bridgehead atoms. The van der Waals surface area contributed by atoms with Gasteiger partial charge < -0.3 is 19.5 Å². The smallest absolute Gasteiger partial charge is 0.286 e. The molecule has 2 aliphatic heterocycles. The maximum absolute atomic E-state index is 12.5. The minimum Gasteiger partial charge on any atom is -0.459 e. The van der Waals surface area contributed by atoms with Crippen molar-refractivity contribution in [1.29, 1.82) is 0 Å². The molecule has 8 heteroatoms. The summed E-state index contributed by atoms with van der Waals surface area (Å²) < 4.78 is 5.02. The van der Waals surface area contributed by atoms with Gasteiger partial charge in [-0.3, -0.25) is 19.3 Å². The second-order valence-electron chi connectivity index (χ2n) is 7.44. The van der Waals surface area contributed by atoms with E-state index in [0.717, 1.165) is 25.9 Å². The molecule has 0 aliphatic carbocycles. The first-order valence-electron chi connectivity index (χ1n) is 10.2. The Kier molecular flexibility index (Phi) is 7.47. The first-order valence-corrected chi connectivity index (χ1v) is 10.2. The highest BCUT2D eigenvalue weighted by Crippen LogP contribution is 2.11. The zero-order chi connectivity index (χ0) is 19.8. The quantitative estimate of drug-likeness (QED) is 0.782. The van der Waals surface area contributed by atoms with Crippen molar-refractivity contribution in [2.24, 2.45) is 0 Å². The second-order valence-corrected chi connectivity index (χ2v) is 7.44. The standard InChI is InChI=1S/C20H30N4O4/c25-18(7-8-21-20(27)17-6-5-15-28-17)24-13-11-22(12-14-24)16-19(26)23-9-3-1-2-4-10-23/h5-6,15H,1-4,7-14,16H2,(H,21,27). The number of nitrogens with zero attached hydrogens (tertiary/aromatic N) is 3. The van der Waals surface area contributed by atoms with Gasteiger partial charge in [0.25, 0.3) is 5.91 Å². The average Bonchev–Trinajstić information content (AvgIpc) is 3.11. The highest BCUT2D eigenvalue weighted by Gasteiger charge is 2.24. The van der Waals surface area contributed by atoms with Crippen LogP contribution in [0.15, 0.2) is 22.8 Å². The van der Waals surface area contributed by atoms with E-state index in [1.807, 2.05) is 9.80 Å². The topological polar surface area (TPSA) is 86.1 Å². The number of piperazine rings is 1. The maximum Gasteiger partial charge on any atom is 0.286 e. The first kappa shape index (κ1) is 20.4. The lowest BCUT2D eigenvalue weighted by molar-refractivity contribution is -0.135. The van der Waals surface area contributed by atoms with Gasteiger partial charge in [0.15, 0.2) is 5.76 Å². The number of hydrogen-bond acceptors (Lipinski definition) is 5. The van der Waals surface area contributed by atoms with Gasteiger partial charge in [-0.2, -0.15) is 0 Å². The van der Waals surface area contributed by atoms with E-state index in [-0.39, 0.29) is 36.4 Å². The van der Waals surface area contributed by atoms with Crippen LogP contribution in [0.2, 0.25) is 0 Å². The Hall–Kier alpha value is -2.35. The number of carbonyl (C=O) groups excluding carboxylic acids is 3. The van der Waals surface area contributed by atoms with Crippen LogP contribution in [0.5, 0.6) is 0 Å². The highest BCUT2D eigenvalue weighted by molar-refractivity contribution is 5.91. The number of likely N-dealkylation sites (tertiary alicyclic amines) is 1. The van der Waals surface area contributed by atoms with E-state index in [1.54, 1.807) is 12.1 Å². The lowest BCUT2D eigenvalue weighted by Gasteiger charge is -2.35. The monoisotopic (exact) mass is 390 g/mol. The molecule has 3 rings (SSSR count). The lowest BCUT2D eigenvalue weighted by atomic mass is 10.2. The Balaban J connectivity index is 1.33. The summed E-state index contributed by atoms with van der Waals surface area (Å²) in [5.41, 5.74) is 0. The van der Waals surface area contributed by atoms with E-state index in [1.165, 1.54) is 19.1 Å². The molecule has 0 radical (unpaired) electrons. The molecule has 0 aromatic carbocycles. The Labute approximate surface area is 165 Å². The van der Waals surface area contributed by atoms with Crippen LogP contribution in [0, 0.1) is 0 Å². The number of nitrogens with one attached hydrogen (secondary N) is 1. The van der Waals surface area contributed by atoms with Gasteiger partial charge in [-0.05, 0) is 25.0 Å². The van der Waals surface area contributed by atoms with Crippen molar-refractivity contribution >= 4 is 17.7 Å². The zero-order valence-corrected chi connectivity index (χ0v) is 16.4. The number of carbonyl (C=O) groups is 3. The molecule has 0 saturated carbocycles. The van der Waals surface area contributed by atoms with E-state index in [4.69, 9.17) is 4.42 Å². The van der Waals surface area contributed by atoms with Gasteiger partial charge in [-0.25, -0.2) is 0 Å². The van der Waals surface area contributed by atoms with Crippen molar-refractivity contribution in [2.75, 3.05) is 52.4 Å². The third-order valence-electron chi connectivity index (χ3n) is 5.41. The first-order chi connectivity index (χ1) is 13.6. The van der Waals surface area contributed by atoms with Crippen molar-refractivity contribution < 1.29 is 18.8 Å². The molecule has 0 spiro atoms. The third-order valence-corrected chi connectivity index (χ3v) is 5.41. The third kappa shape index (κ3) is 5.82. The Morgan fingerprint density at radius 1 is 0.893 bits per heavy atom. The highest BCUT2D eigenvalue weighted by atomic mass is 16.3. The molecule has 1 aromatic rings. The van der Waals surface area contributed by atoms with Crippen molar-refractivity contribution in [3.05, 3.63) is 24.2 Å². The Morgan fingerprint density at radius 3 is 2.21 bits per heavy atom. The molecule has 3 amide bonds. The summed E-state index contributed by atoms with van der Waals surface area (Å²) in [6, 6.07) is 3.24. The number of hydrogen-bond donors (Lipinski definition) is 1. The van der Waals surface area contributed by atoms with Crippen LogP contribution >= 0.6 is 0 Å². The van der Waals surface area contributed by atoms with Crippen LogP contribution in [-0.2, 0) is 9.59 Å². The van der Waals surface area contributed by atoms with Crippen molar-refractivity contribution in [1.82, 2.24) is 20.0 Å². The van der Waals surface area contributed by atoms with E-state index in [2.05, 4.69) is 10.2 Å². The maximum atomic E-state index is 12.5. The molecule has 2 aliphatic rings. The van der Waals surface area contributed by atoms with Crippen LogP contribution in [0.3, 0.4) is 0 Å². The minimum atomic E-state index is -0.311. The largest absolute Gasteiger partial charge is 0.459 e. The van der Waals surface area contributed by atoms with Gasteiger partial charge >= 0.3 is 0 Å². The molecule has 28 heavy (non-hydrogen) atoms. The van der Waals surface area contributed by atoms with E-state index in [0.29, 0.717) is 32.7 Å². The lowest BCUT2D eigenvalue weighted by Crippen LogP contribution is -2.52. The fraction of sp³-hybridized carbons (Fsp3) is 0.650. The molecule has 1 aromatic heterocycles. The molecule has 2 saturated heterocycles. The number of furan rings is 1. The van der Waals surface area contributed by atoms with Gasteiger partial charge in [-0.1, -0.05) is 12.8 Å². The summed E-state index contributed by atoms with van der Waals surface area (Å²) in [5.74, 6) is 0.172. The summed E-state index contributed by atoms with van der Waals surface area (Å²) in [7, 11) is 0. The van der Waals surface area contributed by atoms with Crippen molar-refractivity contribution in [2.45, 2.75) is 32.1 Å². The van der Waals surface area contributed by atoms with Gasteiger partial charge in [0.05, 0.1) is 12.8 Å². The summed E-state index contributed by atoms with van der Waals surface area (Å²) >= 11 is 0. The summed E-state index contributed by atoms with van der Waals surface area (Å²) in [6.45, 7) is 5.15. The van der Waals surface area contributed by atoms with Crippen LogP contribution in [0.25, 0.3) is 0 Å². The van der Waals surface area contributed by atoms with E-state index in [9.17, 15) is 14.4 Å². The molecule has 0 atom stereocenters. The summed E-state index contributed by atoms with van der Waals surface area (Å²) in [4.78, 5) is 42.6. The molecular formula is C20H30N4O4. The van der Waals surface area contributed by atoms with Crippen LogP contribution in [-0.4, -0.2) is 84.8 Å². The van der Waals surface area contributed by atoms with E-state index >= 15 is 0 Å². The minimum absolute atomic E-state index is 0.0261. The molecule has 8 nitrogen and oxygen atoms in total. The van der Waals surface area contributed by atoms with Gasteiger partial charge in [0.2, 0.25) is 11.8 Å². The van der Waals surface area contributed by atoms with Gasteiger partial charge in [0, 0.05) is 52.2 Å². The number of amides is 3. The normalized spacial score (nSPS) is 18.6. The summed E-state index contributed by atoms with van der Waals surface area (Å²) in [5, 5.41) is 2.69. The average molecular weight is 390 g/mol. The van der Waals surface area contributed by atoms with Gasteiger partial charge in [0.1, 0.15) is 0 Å². The molecule has 1 N–H and O–H groups in total.